The molecule has 0 fully saturated rings. The Balaban J connectivity index is 0.00000216. The van der Waals surface area contributed by atoms with Crippen molar-refractivity contribution in [3.8, 4) is 17.1 Å². The van der Waals surface area contributed by atoms with E-state index in [1.165, 1.54) is 20.4 Å². The van der Waals surface area contributed by atoms with Crippen LogP contribution in [0.2, 0.25) is 0 Å². The van der Waals surface area contributed by atoms with Crippen molar-refractivity contribution in [1.82, 2.24) is 19.9 Å². The highest BCUT2D eigenvalue weighted by molar-refractivity contribution is 6.00. The third kappa shape index (κ3) is 7.37. The van der Waals surface area contributed by atoms with Crippen molar-refractivity contribution in [3.63, 3.8) is 0 Å². The van der Waals surface area contributed by atoms with Gasteiger partial charge < -0.3 is 25.3 Å². The van der Waals surface area contributed by atoms with Crippen LogP contribution in [-0.2, 0) is 12.7 Å². The van der Waals surface area contributed by atoms with Crippen LogP contribution in [0.25, 0.3) is 11.4 Å². The van der Waals surface area contributed by atoms with E-state index in [2.05, 4.69) is 25.9 Å². The van der Waals surface area contributed by atoms with Crippen LogP contribution in [0, 0.1) is 0 Å². The zero-order valence-corrected chi connectivity index (χ0v) is 22.3. The highest BCUT2D eigenvalue weighted by Crippen LogP contribution is 2.35. The van der Waals surface area contributed by atoms with Crippen molar-refractivity contribution in [2.45, 2.75) is 26.6 Å². The number of hydrogen-bond acceptors (Lipinski definition) is 5. The minimum absolute atomic E-state index is 0.0882. The number of alkyl halides is 3. The number of hydrogen-bond donors (Lipinski definition) is 3. The zero-order chi connectivity index (χ0) is 29.3. The molecule has 2 aromatic heterocycles. The maximum atomic E-state index is 13.1. The molecule has 0 unspecified atom stereocenters. The van der Waals surface area contributed by atoms with Gasteiger partial charge in [-0.05, 0) is 48.0 Å². The van der Waals surface area contributed by atoms with Gasteiger partial charge in [-0.3, -0.25) is 9.78 Å². The lowest BCUT2D eigenvalue weighted by Crippen LogP contribution is -2.20. The summed E-state index contributed by atoms with van der Waals surface area (Å²) in [4.78, 5) is 33.0. The molecular weight excluding hydrogens is 525 g/mol. The van der Waals surface area contributed by atoms with Gasteiger partial charge in [0.05, 0.1) is 18.4 Å². The molecule has 4 rings (SSSR count). The van der Waals surface area contributed by atoms with Gasteiger partial charge in [-0.25, -0.2) is 9.78 Å². The van der Waals surface area contributed by atoms with Crippen molar-refractivity contribution in [3.05, 3.63) is 90.0 Å². The molecule has 3 amide bonds. The second-order valence-electron chi connectivity index (χ2n) is 8.08. The van der Waals surface area contributed by atoms with E-state index in [-0.39, 0.29) is 23.0 Å². The van der Waals surface area contributed by atoms with Crippen molar-refractivity contribution in [2.24, 2.45) is 0 Å². The summed E-state index contributed by atoms with van der Waals surface area (Å²) in [5, 5.41) is 7.57. The third-order valence-electron chi connectivity index (χ3n) is 5.51. The van der Waals surface area contributed by atoms with Crippen LogP contribution in [0.1, 0.15) is 35.5 Å². The standard InChI is InChI=1S/C26H23F3N6O3.C2H6/c1-30-24(36)21-13-17(8-9-31-21)23-32-10-11-35(23)15-16-4-3-5-19(12-16)33-25(37)34-20-14-18(26(27,28)29)6-7-22(20)38-2;1-2/h3-14H,15H2,1-2H3,(H,30,36)(H2,33,34,37);1-2H3. The number of benzene rings is 2. The van der Waals surface area contributed by atoms with Crippen LogP contribution in [0.15, 0.2) is 73.2 Å². The molecule has 40 heavy (non-hydrogen) atoms. The Labute approximate surface area is 229 Å². The van der Waals surface area contributed by atoms with E-state index in [0.717, 1.165) is 23.8 Å². The van der Waals surface area contributed by atoms with Gasteiger partial charge in [0.25, 0.3) is 5.91 Å². The number of carbonyl (C=O) groups excluding carboxylic acids is 2. The minimum atomic E-state index is -4.57. The van der Waals surface area contributed by atoms with E-state index in [1.807, 2.05) is 24.5 Å². The lowest BCUT2D eigenvalue weighted by molar-refractivity contribution is -0.137. The fourth-order valence-electron chi connectivity index (χ4n) is 3.73. The number of nitrogens with one attached hydrogen (secondary N) is 3. The van der Waals surface area contributed by atoms with Crippen LogP contribution >= 0.6 is 0 Å². The summed E-state index contributed by atoms with van der Waals surface area (Å²) < 4.78 is 46.2. The minimum Gasteiger partial charge on any atom is -0.495 e. The second-order valence-corrected chi connectivity index (χ2v) is 8.08. The van der Waals surface area contributed by atoms with E-state index >= 15 is 0 Å². The van der Waals surface area contributed by atoms with Gasteiger partial charge in [-0.2, -0.15) is 13.2 Å². The average molecular weight is 555 g/mol. The van der Waals surface area contributed by atoms with Crippen molar-refractivity contribution < 1.29 is 27.5 Å². The summed E-state index contributed by atoms with van der Waals surface area (Å²) in [5.41, 5.74) is 1.18. The number of halogens is 3. The van der Waals surface area contributed by atoms with Crippen LogP contribution in [0.5, 0.6) is 5.75 Å². The molecule has 0 atom stereocenters. The molecule has 2 heterocycles. The van der Waals surface area contributed by atoms with Crippen LogP contribution < -0.4 is 20.7 Å². The van der Waals surface area contributed by atoms with Crippen molar-refractivity contribution in [2.75, 3.05) is 24.8 Å². The highest BCUT2D eigenvalue weighted by atomic mass is 19.4. The first kappa shape index (κ1) is 29.7. The van der Waals surface area contributed by atoms with Gasteiger partial charge in [-0.1, -0.05) is 26.0 Å². The third-order valence-corrected chi connectivity index (χ3v) is 5.51. The van der Waals surface area contributed by atoms with E-state index < -0.39 is 17.8 Å². The molecule has 0 spiro atoms. The first-order valence-electron chi connectivity index (χ1n) is 12.3. The highest BCUT2D eigenvalue weighted by Gasteiger charge is 2.31. The number of anilines is 2. The summed E-state index contributed by atoms with van der Waals surface area (Å²) in [7, 11) is 2.82. The Kier molecular flexibility index (Phi) is 9.85. The maximum absolute atomic E-state index is 13.1. The van der Waals surface area contributed by atoms with Gasteiger partial charge >= 0.3 is 12.2 Å². The Bertz CT molecular complexity index is 1470. The summed E-state index contributed by atoms with van der Waals surface area (Å²) >= 11 is 0. The Morgan fingerprint density at radius 3 is 2.45 bits per heavy atom. The molecule has 0 radical (unpaired) electrons. The van der Waals surface area contributed by atoms with Crippen molar-refractivity contribution in [1.29, 1.82) is 0 Å². The molecule has 210 valence electrons. The predicted molar refractivity (Wildman–Crippen MR) is 146 cm³/mol. The quantitative estimate of drug-likeness (QED) is 0.258. The monoisotopic (exact) mass is 554 g/mol. The number of urea groups is 1. The lowest BCUT2D eigenvalue weighted by Gasteiger charge is -2.15. The molecule has 12 heteroatoms. The number of rotatable bonds is 7. The molecular formula is C28H29F3N6O3. The summed E-state index contributed by atoms with van der Waals surface area (Å²) in [5.74, 6) is 0.389. The maximum Gasteiger partial charge on any atom is 0.416 e. The Hall–Kier alpha value is -4.87. The molecule has 0 saturated heterocycles. The number of pyridine rings is 1. The van der Waals surface area contributed by atoms with Crippen molar-refractivity contribution >= 4 is 23.3 Å². The summed E-state index contributed by atoms with van der Waals surface area (Å²) in [6, 6.07) is 12.5. The number of aromatic nitrogens is 3. The molecule has 0 aliphatic rings. The molecule has 9 nitrogen and oxygen atoms in total. The average Bonchev–Trinajstić information content (AvgIpc) is 3.41. The van der Waals surface area contributed by atoms with Gasteiger partial charge in [-0.15, -0.1) is 0 Å². The Morgan fingerprint density at radius 2 is 1.75 bits per heavy atom. The smallest absolute Gasteiger partial charge is 0.416 e. The van der Waals surface area contributed by atoms with Crippen LogP contribution in [0.4, 0.5) is 29.3 Å². The Morgan fingerprint density at radius 1 is 0.975 bits per heavy atom. The first-order chi connectivity index (χ1) is 19.2. The van der Waals surface area contributed by atoms with Gasteiger partial charge in [0.15, 0.2) is 0 Å². The fraction of sp³-hybridized carbons (Fsp3) is 0.214. The van der Waals surface area contributed by atoms with Gasteiger partial charge in [0.1, 0.15) is 17.3 Å². The van der Waals surface area contributed by atoms with Crippen LogP contribution in [0.3, 0.4) is 0 Å². The normalized spacial score (nSPS) is 10.7. The number of nitrogens with zero attached hydrogens (tertiary/aromatic N) is 3. The predicted octanol–water partition coefficient (Wildman–Crippen LogP) is 6.05. The number of methoxy groups -OCH3 is 1. The second kappa shape index (κ2) is 13.3. The van der Waals surface area contributed by atoms with Gasteiger partial charge in [0, 0.05) is 43.4 Å². The first-order valence-corrected chi connectivity index (χ1v) is 12.3. The number of carbonyl (C=O) groups is 2. The fourth-order valence-corrected chi connectivity index (χ4v) is 3.73. The molecule has 3 N–H and O–H groups in total. The number of imidazole rings is 1. The van der Waals surface area contributed by atoms with E-state index in [0.29, 0.717) is 23.6 Å². The molecule has 4 aromatic rings. The molecule has 0 bridgehead atoms. The zero-order valence-electron chi connectivity index (χ0n) is 22.3. The number of ether oxygens (including phenoxy) is 1. The van der Waals surface area contributed by atoms with Gasteiger partial charge in [0.2, 0.25) is 0 Å². The molecule has 0 saturated carbocycles. The largest absolute Gasteiger partial charge is 0.495 e. The van der Waals surface area contributed by atoms with E-state index in [1.54, 1.807) is 42.7 Å². The molecule has 2 aromatic carbocycles. The van der Waals surface area contributed by atoms with E-state index in [9.17, 15) is 22.8 Å². The summed E-state index contributed by atoms with van der Waals surface area (Å²) in [6.07, 6.45) is 0.372. The molecule has 0 aliphatic carbocycles. The summed E-state index contributed by atoms with van der Waals surface area (Å²) in [6.45, 7) is 4.39. The number of amides is 3. The lowest BCUT2D eigenvalue weighted by atomic mass is 10.1. The molecule has 0 aliphatic heterocycles. The van der Waals surface area contributed by atoms with E-state index in [4.69, 9.17) is 4.74 Å². The SMILES string of the molecule is CC.CNC(=O)c1cc(-c2nccn2Cc2cccc(NC(=O)Nc3cc(C(F)(F)F)ccc3OC)c2)ccn1. The topological polar surface area (TPSA) is 110 Å². The van der Waals surface area contributed by atoms with Crippen LogP contribution in [-0.4, -0.2) is 40.6 Å².